The maximum Gasteiger partial charge on any atom is 0.573 e. The summed E-state index contributed by atoms with van der Waals surface area (Å²) in [5.74, 6) is 0.197. The van der Waals surface area contributed by atoms with Crippen molar-refractivity contribution in [2.75, 3.05) is 13.1 Å². The van der Waals surface area contributed by atoms with Crippen LogP contribution in [0.1, 0.15) is 34.7 Å². The molecule has 0 saturated carbocycles. The average Bonchev–Trinajstić information content (AvgIpc) is 3.27. The Balaban J connectivity index is 1.30. The summed E-state index contributed by atoms with van der Waals surface area (Å²) in [5, 5.41) is 11.6. The van der Waals surface area contributed by atoms with E-state index in [1.54, 1.807) is 41.3 Å². The lowest BCUT2D eigenvalue weighted by Gasteiger charge is -2.38. The monoisotopic (exact) mass is 495 g/mol. The van der Waals surface area contributed by atoms with Gasteiger partial charge in [-0.15, -0.1) is 13.2 Å². The normalized spacial score (nSPS) is 15.7. The fourth-order valence-corrected chi connectivity index (χ4v) is 3.87. The number of carbonyl (C=O) groups is 1. The number of amides is 1. The fraction of sp³-hybridized carbons (Fsp3) is 0.292. The summed E-state index contributed by atoms with van der Waals surface area (Å²) in [7, 11) is 0. The van der Waals surface area contributed by atoms with Crippen LogP contribution in [-0.4, -0.2) is 35.4 Å². The van der Waals surface area contributed by atoms with Gasteiger partial charge in [0, 0.05) is 18.1 Å². The Bertz CT molecular complexity index is 1120. The Kier molecular flexibility index (Phi) is 6.77. The average molecular weight is 496 g/mol. The standard InChI is InChI=1S/C24H21ClF3NO5/c25-17-3-1-16(2-4-17)23(31)11-13-29(14-12-23)22(30)21-10-9-20(33-21)15-32-18-5-7-19(8-6-18)34-24(26,27)28/h1-10,31H,11-15H2. The van der Waals surface area contributed by atoms with Gasteiger partial charge in [0.05, 0.1) is 5.60 Å². The highest BCUT2D eigenvalue weighted by Gasteiger charge is 2.36. The summed E-state index contributed by atoms with van der Waals surface area (Å²) in [6.45, 7) is 0.705. The largest absolute Gasteiger partial charge is 0.573 e. The first-order valence-corrected chi connectivity index (χ1v) is 10.8. The molecule has 1 aliphatic heterocycles. The van der Waals surface area contributed by atoms with Crippen LogP contribution in [-0.2, 0) is 12.2 Å². The van der Waals surface area contributed by atoms with Crippen molar-refractivity contribution >= 4 is 17.5 Å². The van der Waals surface area contributed by atoms with E-state index in [0.717, 1.165) is 17.7 Å². The molecule has 2 aromatic carbocycles. The minimum atomic E-state index is -4.76. The number of benzene rings is 2. The lowest BCUT2D eigenvalue weighted by atomic mass is 9.84. The van der Waals surface area contributed by atoms with E-state index in [1.165, 1.54) is 12.1 Å². The second kappa shape index (κ2) is 9.60. The molecular formula is C24H21ClF3NO5. The summed E-state index contributed by atoms with van der Waals surface area (Å²) in [6, 6.07) is 15.1. The Morgan fingerprint density at radius 2 is 1.62 bits per heavy atom. The van der Waals surface area contributed by atoms with Crippen LogP contribution in [0, 0.1) is 0 Å². The topological polar surface area (TPSA) is 72.1 Å². The molecule has 0 radical (unpaired) electrons. The second-order valence-electron chi connectivity index (χ2n) is 7.90. The minimum Gasteiger partial charge on any atom is -0.486 e. The maximum atomic E-state index is 12.8. The first kappa shape index (κ1) is 24.0. The van der Waals surface area contributed by atoms with Gasteiger partial charge >= 0.3 is 6.36 Å². The molecule has 0 aliphatic carbocycles. The van der Waals surface area contributed by atoms with Crippen molar-refractivity contribution in [2.45, 2.75) is 31.4 Å². The number of ether oxygens (including phenoxy) is 2. The predicted molar refractivity (Wildman–Crippen MR) is 117 cm³/mol. The number of furan rings is 1. The summed E-state index contributed by atoms with van der Waals surface area (Å²) >= 11 is 5.92. The second-order valence-corrected chi connectivity index (χ2v) is 8.34. The third kappa shape index (κ3) is 5.84. The van der Waals surface area contributed by atoms with E-state index >= 15 is 0 Å². The van der Waals surface area contributed by atoms with E-state index in [9.17, 15) is 23.1 Å². The highest BCUT2D eigenvalue weighted by molar-refractivity contribution is 6.30. The van der Waals surface area contributed by atoms with Gasteiger partial charge in [0.15, 0.2) is 5.76 Å². The van der Waals surface area contributed by atoms with Crippen molar-refractivity contribution in [1.29, 1.82) is 0 Å². The van der Waals surface area contributed by atoms with Gasteiger partial charge in [-0.3, -0.25) is 4.79 Å². The Hall–Kier alpha value is -3.17. The van der Waals surface area contributed by atoms with Gasteiger partial charge in [-0.05, 0) is 66.9 Å². The van der Waals surface area contributed by atoms with Gasteiger partial charge in [-0.1, -0.05) is 23.7 Å². The first-order valence-electron chi connectivity index (χ1n) is 10.5. The molecule has 0 atom stereocenters. The Morgan fingerprint density at radius 3 is 2.24 bits per heavy atom. The Labute approximate surface area is 198 Å². The van der Waals surface area contributed by atoms with Crippen LogP contribution in [0.15, 0.2) is 65.1 Å². The number of rotatable bonds is 6. The molecule has 0 spiro atoms. The third-order valence-corrected chi connectivity index (χ3v) is 5.82. The van der Waals surface area contributed by atoms with Crippen LogP contribution in [0.2, 0.25) is 5.02 Å². The fourth-order valence-electron chi connectivity index (χ4n) is 3.75. The van der Waals surface area contributed by atoms with Crippen molar-refractivity contribution in [3.63, 3.8) is 0 Å². The van der Waals surface area contributed by atoms with Crippen molar-refractivity contribution in [2.24, 2.45) is 0 Å². The molecule has 10 heteroatoms. The highest BCUT2D eigenvalue weighted by Crippen LogP contribution is 2.34. The molecule has 1 N–H and O–H groups in total. The van der Waals surface area contributed by atoms with Crippen LogP contribution in [0.25, 0.3) is 0 Å². The SMILES string of the molecule is O=C(c1ccc(COc2ccc(OC(F)(F)F)cc2)o1)N1CCC(O)(c2ccc(Cl)cc2)CC1. The molecule has 34 heavy (non-hydrogen) atoms. The van der Waals surface area contributed by atoms with Crippen LogP contribution >= 0.6 is 11.6 Å². The van der Waals surface area contributed by atoms with Crippen molar-refractivity contribution in [3.05, 3.63) is 82.8 Å². The number of nitrogens with zero attached hydrogens (tertiary/aromatic N) is 1. The van der Waals surface area contributed by atoms with Crippen LogP contribution in [0.3, 0.4) is 0 Å². The summed E-state index contributed by atoms with van der Waals surface area (Å²) < 4.78 is 51.6. The quantitative estimate of drug-likeness (QED) is 0.486. The number of hydrogen-bond donors (Lipinski definition) is 1. The lowest BCUT2D eigenvalue weighted by molar-refractivity contribution is -0.274. The molecule has 1 saturated heterocycles. The molecule has 1 amide bonds. The molecular weight excluding hydrogens is 475 g/mol. The summed E-state index contributed by atoms with van der Waals surface area (Å²) in [4.78, 5) is 14.4. The summed E-state index contributed by atoms with van der Waals surface area (Å²) in [5.41, 5.74) is -0.260. The molecule has 0 bridgehead atoms. The van der Waals surface area contributed by atoms with E-state index in [0.29, 0.717) is 42.5 Å². The zero-order valence-corrected chi connectivity index (χ0v) is 18.6. The molecule has 3 aromatic rings. The van der Waals surface area contributed by atoms with Gasteiger partial charge in [0.25, 0.3) is 5.91 Å². The van der Waals surface area contributed by atoms with Crippen LogP contribution < -0.4 is 9.47 Å². The number of aliphatic hydroxyl groups is 1. The molecule has 1 fully saturated rings. The van der Waals surface area contributed by atoms with Gasteiger partial charge < -0.3 is 23.9 Å². The van der Waals surface area contributed by atoms with Gasteiger partial charge in [-0.2, -0.15) is 0 Å². The first-order chi connectivity index (χ1) is 16.1. The number of piperidine rings is 1. The number of carbonyl (C=O) groups excluding carboxylic acids is 1. The number of hydrogen-bond acceptors (Lipinski definition) is 5. The van der Waals surface area contributed by atoms with Crippen molar-refractivity contribution < 1.29 is 37.0 Å². The third-order valence-electron chi connectivity index (χ3n) is 5.57. The minimum absolute atomic E-state index is 0.0108. The zero-order valence-electron chi connectivity index (χ0n) is 17.8. The lowest BCUT2D eigenvalue weighted by Crippen LogP contribution is -2.45. The van der Waals surface area contributed by atoms with Gasteiger partial charge in [-0.25, -0.2) is 0 Å². The molecule has 0 unspecified atom stereocenters. The number of alkyl halides is 3. The van der Waals surface area contributed by atoms with Gasteiger partial charge in [0.2, 0.25) is 0 Å². The van der Waals surface area contributed by atoms with Crippen LogP contribution in [0.4, 0.5) is 13.2 Å². The van der Waals surface area contributed by atoms with E-state index < -0.39 is 12.0 Å². The van der Waals surface area contributed by atoms with E-state index in [4.69, 9.17) is 20.8 Å². The molecule has 180 valence electrons. The Morgan fingerprint density at radius 1 is 1.00 bits per heavy atom. The van der Waals surface area contributed by atoms with E-state index in [-0.39, 0.29) is 24.0 Å². The maximum absolute atomic E-state index is 12.8. The van der Waals surface area contributed by atoms with Crippen molar-refractivity contribution in [3.8, 4) is 11.5 Å². The molecule has 4 rings (SSSR count). The molecule has 2 heterocycles. The number of halogens is 4. The van der Waals surface area contributed by atoms with Gasteiger partial charge in [0.1, 0.15) is 23.9 Å². The summed E-state index contributed by atoms with van der Waals surface area (Å²) in [6.07, 6.45) is -4.00. The smallest absolute Gasteiger partial charge is 0.486 e. The van der Waals surface area contributed by atoms with E-state index in [1.807, 2.05) is 0 Å². The zero-order chi connectivity index (χ0) is 24.3. The van der Waals surface area contributed by atoms with Crippen LogP contribution in [0.5, 0.6) is 11.5 Å². The van der Waals surface area contributed by atoms with Crippen molar-refractivity contribution in [1.82, 2.24) is 4.90 Å². The number of likely N-dealkylation sites (tertiary alicyclic amines) is 1. The molecule has 6 nitrogen and oxygen atoms in total. The predicted octanol–water partition coefficient (Wildman–Crippen LogP) is 5.53. The highest BCUT2D eigenvalue weighted by atomic mass is 35.5. The van der Waals surface area contributed by atoms with E-state index in [2.05, 4.69) is 4.74 Å². The molecule has 1 aliphatic rings. The molecule has 1 aromatic heterocycles.